The minimum absolute atomic E-state index is 0.0714. The Bertz CT molecular complexity index is 914. The summed E-state index contributed by atoms with van der Waals surface area (Å²) < 4.78 is 5.43. The maximum Gasteiger partial charge on any atom is 0.325 e. The minimum atomic E-state index is -0.700. The summed E-state index contributed by atoms with van der Waals surface area (Å²) in [7, 11) is 0. The van der Waals surface area contributed by atoms with E-state index >= 15 is 0 Å². The average Bonchev–Trinajstić information content (AvgIpc) is 3.46. The van der Waals surface area contributed by atoms with Crippen LogP contribution in [0.4, 0.5) is 10.5 Å². The number of imide groups is 1. The van der Waals surface area contributed by atoms with Crippen molar-refractivity contribution in [2.75, 3.05) is 11.4 Å². The molecule has 2 aliphatic rings. The molecule has 2 aromatic rings. The molecule has 7 nitrogen and oxygen atoms in total. The third-order valence-electron chi connectivity index (χ3n) is 6.02. The third-order valence-corrected chi connectivity index (χ3v) is 6.02. The predicted molar refractivity (Wildman–Crippen MR) is 112 cm³/mol. The molecule has 1 spiro atoms. The number of furan rings is 1. The molecule has 2 fully saturated rings. The molecule has 1 N–H and O–H groups in total. The van der Waals surface area contributed by atoms with E-state index < -0.39 is 5.54 Å². The number of nitrogens with one attached hydrogen (secondary N) is 1. The van der Waals surface area contributed by atoms with Gasteiger partial charge in [0, 0.05) is 18.7 Å². The second-order valence-corrected chi connectivity index (χ2v) is 8.17. The molecular formula is C23H27N3O4. The van der Waals surface area contributed by atoms with Gasteiger partial charge in [-0.2, -0.15) is 0 Å². The Hall–Kier alpha value is -3.09. The van der Waals surface area contributed by atoms with Crippen LogP contribution in [0, 0.1) is 6.92 Å². The molecule has 0 atom stereocenters. The Morgan fingerprint density at radius 2 is 1.90 bits per heavy atom. The average molecular weight is 409 g/mol. The van der Waals surface area contributed by atoms with Crippen LogP contribution in [-0.2, 0) is 16.1 Å². The van der Waals surface area contributed by atoms with Crippen LogP contribution in [-0.4, -0.2) is 34.8 Å². The Kier molecular flexibility index (Phi) is 5.61. The van der Waals surface area contributed by atoms with Crippen molar-refractivity contribution in [3.05, 3.63) is 54.0 Å². The van der Waals surface area contributed by atoms with Crippen molar-refractivity contribution >= 4 is 23.5 Å². The van der Waals surface area contributed by atoms with Crippen molar-refractivity contribution in [1.82, 2.24) is 10.2 Å². The van der Waals surface area contributed by atoms with Crippen LogP contribution in [0.25, 0.3) is 0 Å². The highest BCUT2D eigenvalue weighted by Gasteiger charge is 2.52. The number of benzene rings is 1. The first-order chi connectivity index (χ1) is 14.5. The lowest BCUT2D eigenvalue weighted by Gasteiger charge is -2.23. The largest absolute Gasteiger partial charge is 0.467 e. The van der Waals surface area contributed by atoms with E-state index in [0.29, 0.717) is 31.6 Å². The van der Waals surface area contributed by atoms with Crippen molar-refractivity contribution in [2.24, 2.45) is 0 Å². The van der Waals surface area contributed by atoms with Gasteiger partial charge >= 0.3 is 6.03 Å². The molecule has 7 heteroatoms. The molecule has 1 saturated carbocycles. The molecule has 1 aliphatic carbocycles. The zero-order valence-electron chi connectivity index (χ0n) is 17.2. The lowest BCUT2D eigenvalue weighted by atomic mass is 9.98. The SMILES string of the molecule is Cc1ccc(N(Cc2ccco2)C(=O)CCCN2C(=O)NC3(CCCC3)C2=O)cc1. The zero-order chi connectivity index (χ0) is 21.1. The highest BCUT2D eigenvalue weighted by molar-refractivity contribution is 6.07. The summed E-state index contributed by atoms with van der Waals surface area (Å²) in [5.41, 5.74) is 1.21. The number of amides is 4. The number of nitrogens with zero attached hydrogens (tertiary/aromatic N) is 2. The Labute approximate surface area is 176 Å². The summed E-state index contributed by atoms with van der Waals surface area (Å²) in [6, 6.07) is 11.1. The van der Waals surface area contributed by atoms with E-state index in [1.807, 2.05) is 37.3 Å². The zero-order valence-corrected chi connectivity index (χ0v) is 17.2. The lowest BCUT2D eigenvalue weighted by Crippen LogP contribution is -2.44. The van der Waals surface area contributed by atoms with Gasteiger partial charge in [-0.25, -0.2) is 4.79 Å². The van der Waals surface area contributed by atoms with E-state index in [4.69, 9.17) is 4.42 Å². The van der Waals surface area contributed by atoms with Gasteiger partial charge in [0.15, 0.2) is 0 Å². The number of anilines is 1. The molecule has 4 rings (SSSR count). The number of carbonyl (C=O) groups excluding carboxylic acids is 3. The molecular weight excluding hydrogens is 382 g/mol. The molecule has 2 heterocycles. The molecule has 0 bridgehead atoms. The van der Waals surface area contributed by atoms with Gasteiger partial charge in [-0.3, -0.25) is 14.5 Å². The van der Waals surface area contributed by atoms with Crippen molar-refractivity contribution in [1.29, 1.82) is 0 Å². The van der Waals surface area contributed by atoms with Crippen molar-refractivity contribution in [3.63, 3.8) is 0 Å². The summed E-state index contributed by atoms with van der Waals surface area (Å²) in [4.78, 5) is 41.0. The fourth-order valence-electron chi connectivity index (χ4n) is 4.33. The van der Waals surface area contributed by atoms with E-state index in [9.17, 15) is 14.4 Å². The van der Waals surface area contributed by atoms with Gasteiger partial charge in [0.05, 0.1) is 12.8 Å². The Balaban J connectivity index is 1.39. The standard InChI is InChI=1S/C23H27N3O4/c1-17-8-10-18(11-9-17)26(16-19-6-5-15-30-19)20(27)7-4-14-25-21(28)23(24-22(25)29)12-2-3-13-23/h5-6,8-11,15H,2-4,7,12-14,16H2,1H3,(H,24,29). The van der Waals surface area contributed by atoms with E-state index in [1.54, 1.807) is 17.2 Å². The number of carbonyl (C=O) groups is 3. The van der Waals surface area contributed by atoms with Crippen molar-refractivity contribution in [3.8, 4) is 0 Å². The first kappa shape index (κ1) is 20.2. The molecule has 1 aliphatic heterocycles. The molecule has 1 aromatic carbocycles. The highest BCUT2D eigenvalue weighted by atomic mass is 16.3. The van der Waals surface area contributed by atoms with Gasteiger partial charge in [0.25, 0.3) is 5.91 Å². The molecule has 158 valence electrons. The van der Waals surface area contributed by atoms with Crippen LogP contribution < -0.4 is 10.2 Å². The first-order valence-electron chi connectivity index (χ1n) is 10.5. The molecule has 30 heavy (non-hydrogen) atoms. The van der Waals surface area contributed by atoms with E-state index in [2.05, 4.69) is 5.32 Å². The number of hydrogen-bond acceptors (Lipinski definition) is 4. The topological polar surface area (TPSA) is 82.9 Å². The number of hydrogen-bond donors (Lipinski definition) is 1. The van der Waals surface area contributed by atoms with Gasteiger partial charge in [-0.05, 0) is 50.5 Å². The number of rotatable bonds is 7. The monoisotopic (exact) mass is 409 g/mol. The Morgan fingerprint density at radius 1 is 1.17 bits per heavy atom. The normalized spacial score (nSPS) is 17.6. The smallest absolute Gasteiger partial charge is 0.325 e. The molecule has 1 saturated heterocycles. The van der Waals surface area contributed by atoms with Gasteiger partial charge in [-0.1, -0.05) is 30.5 Å². The molecule has 0 radical (unpaired) electrons. The van der Waals surface area contributed by atoms with Crippen LogP contribution in [0.2, 0.25) is 0 Å². The van der Waals surface area contributed by atoms with Crippen LogP contribution in [0.1, 0.15) is 49.8 Å². The molecule has 1 aromatic heterocycles. The second-order valence-electron chi connectivity index (χ2n) is 8.17. The summed E-state index contributed by atoms with van der Waals surface area (Å²) in [6.07, 6.45) is 5.57. The minimum Gasteiger partial charge on any atom is -0.467 e. The van der Waals surface area contributed by atoms with Crippen molar-refractivity contribution in [2.45, 2.75) is 57.5 Å². The Morgan fingerprint density at radius 3 is 2.57 bits per heavy atom. The fourth-order valence-corrected chi connectivity index (χ4v) is 4.33. The summed E-state index contributed by atoms with van der Waals surface area (Å²) in [5, 5.41) is 2.88. The predicted octanol–water partition coefficient (Wildman–Crippen LogP) is 3.77. The van der Waals surface area contributed by atoms with Crippen LogP contribution in [0.15, 0.2) is 47.1 Å². The summed E-state index contributed by atoms with van der Waals surface area (Å²) in [6.45, 7) is 2.58. The van der Waals surface area contributed by atoms with Crippen LogP contribution in [0.5, 0.6) is 0 Å². The third kappa shape index (κ3) is 3.97. The van der Waals surface area contributed by atoms with Gasteiger partial charge in [0.2, 0.25) is 5.91 Å². The van der Waals surface area contributed by atoms with E-state index in [-0.39, 0.29) is 30.8 Å². The van der Waals surface area contributed by atoms with E-state index in [1.165, 1.54) is 4.90 Å². The van der Waals surface area contributed by atoms with Gasteiger partial charge < -0.3 is 14.6 Å². The van der Waals surface area contributed by atoms with Crippen molar-refractivity contribution < 1.29 is 18.8 Å². The quantitative estimate of drug-likeness (QED) is 0.706. The van der Waals surface area contributed by atoms with Gasteiger partial charge in [0.1, 0.15) is 11.3 Å². The second kappa shape index (κ2) is 8.34. The summed E-state index contributed by atoms with van der Waals surface area (Å²) in [5.74, 6) is 0.488. The maximum absolute atomic E-state index is 13.0. The molecule has 0 unspecified atom stereocenters. The number of urea groups is 1. The fraction of sp³-hybridized carbons (Fsp3) is 0.435. The molecule has 4 amide bonds. The lowest BCUT2D eigenvalue weighted by molar-refractivity contribution is -0.131. The maximum atomic E-state index is 13.0. The summed E-state index contributed by atoms with van der Waals surface area (Å²) >= 11 is 0. The van der Waals surface area contributed by atoms with Gasteiger partial charge in [-0.15, -0.1) is 0 Å². The highest BCUT2D eigenvalue weighted by Crippen LogP contribution is 2.35. The number of aryl methyl sites for hydroxylation is 1. The van der Waals surface area contributed by atoms with Crippen LogP contribution >= 0.6 is 0 Å². The van der Waals surface area contributed by atoms with E-state index in [0.717, 1.165) is 24.1 Å². The van der Waals surface area contributed by atoms with Crippen LogP contribution in [0.3, 0.4) is 0 Å². The first-order valence-corrected chi connectivity index (χ1v) is 10.5.